The van der Waals surface area contributed by atoms with Gasteiger partial charge in [0.2, 0.25) is 0 Å². The molecule has 0 saturated heterocycles. The lowest BCUT2D eigenvalue weighted by molar-refractivity contribution is -0.114. The molecular weight excluding hydrogens is 188 g/mol. The number of amides is 1. The largest absolute Gasteiger partial charge is 0.365 e. The molecule has 0 aromatic heterocycles. The van der Waals surface area contributed by atoms with Crippen LogP contribution in [0.1, 0.15) is 33.6 Å². The highest BCUT2D eigenvalue weighted by molar-refractivity contribution is 5.97. The van der Waals surface area contributed by atoms with Crippen molar-refractivity contribution in [3.63, 3.8) is 0 Å². The molecule has 2 N–H and O–H groups in total. The van der Waals surface area contributed by atoms with Crippen LogP contribution in [0.15, 0.2) is 22.8 Å². The highest BCUT2D eigenvalue weighted by Crippen LogP contribution is 2.38. The maximum atomic E-state index is 11.1. The van der Waals surface area contributed by atoms with Crippen LogP contribution in [-0.2, 0) is 4.79 Å². The molecule has 3 heteroatoms. The summed E-state index contributed by atoms with van der Waals surface area (Å²) in [6.07, 6.45) is 3.64. The summed E-state index contributed by atoms with van der Waals surface area (Å²) in [5.74, 6) is -0.630. The predicted molar refractivity (Wildman–Crippen MR) is 58.6 cm³/mol. The van der Waals surface area contributed by atoms with Gasteiger partial charge in [0.15, 0.2) is 0 Å². The number of primary amides is 1. The van der Waals surface area contributed by atoms with E-state index in [1.54, 1.807) is 0 Å². The van der Waals surface area contributed by atoms with E-state index in [1.165, 1.54) is 5.57 Å². The normalized spacial score (nSPS) is 22.7. The van der Waals surface area contributed by atoms with E-state index < -0.39 is 5.91 Å². The quantitative estimate of drug-likeness (QED) is 0.524. The second kappa shape index (κ2) is 3.90. The van der Waals surface area contributed by atoms with Crippen molar-refractivity contribution >= 4 is 5.91 Å². The maximum absolute atomic E-state index is 11.1. The molecule has 0 aliphatic heterocycles. The molecule has 0 bridgehead atoms. The first-order valence-electron chi connectivity index (χ1n) is 4.96. The lowest BCUT2D eigenvalue weighted by Crippen LogP contribution is -2.21. The number of hydrogen-bond donors (Lipinski definition) is 1. The molecule has 3 nitrogen and oxygen atoms in total. The fourth-order valence-electron chi connectivity index (χ4n) is 2.18. The summed E-state index contributed by atoms with van der Waals surface area (Å²) in [6, 6.07) is 1.89. The maximum Gasteiger partial charge on any atom is 0.259 e. The molecular formula is C12H16N2O. The van der Waals surface area contributed by atoms with E-state index >= 15 is 0 Å². The van der Waals surface area contributed by atoms with E-state index in [9.17, 15) is 4.79 Å². The molecule has 0 fully saturated rings. The molecule has 1 aliphatic rings. The van der Waals surface area contributed by atoms with Crippen molar-refractivity contribution in [3.05, 3.63) is 22.8 Å². The summed E-state index contributed by atoms with van der Waals surface area (Å²) in [5, 5.41) is 8.87. The fraction of sp³-hybridized carbons (Fsp3) is 0.500. The van der Waals surface area contributed by atoms with Gasteiger partial charge >= 0.3 is 0 Å². The molecule has 1 aliphatic carbocycles. The van der Waals surface area contributed by atoms with Crippen LogP contribution >= 0.6 is 0 Å². The molecule has 1 rings (SSSR count). The predicted octanol–water partition coefficient (Wildman–Crippen LogP) is 2.06. The zero-order valence-electron chi connectivity index (χ0n) is 9.42. The molecule has 0 unspecified atom stereocenters. The Morgan fingerprint density at radius 1 is 1.53 bits per heavy atom. The number of nitrogens with zero attached hydrogens (tertiary/aromatic N) is 1. The molecule has 0 heterocycles. The third kappa shape index (κ3) is 2.69. The second-order valence-corrected chi connectivity index (χ2v) is 4.88. The van der Waals surface area contributed by atoms with Gasteiger partial charge in [-0.2, -0.15) is 5.26 Å². The lowest BCUT2D eigenvalue weighted by Gasteiger charge is -2.30. The van der Waals surface area contributed by atoms with Gasteiger partial charge in [0.1, 0.15) is 11.6 Å². The van der Waals surface area contributed by atoms with Gasteiger partial charge in [0.25, 0.3) is 5.91 Å². The molecule has 15 heavy (non-hydrogen) atoms. The van der Waals surface area contributed by atoms with Gasteiger partial charge in [0, 0.05) is 0 Å². The average Bonchev–Trinajstić information content (AvgIpc) is 1.99. The second-order valence-electron chi connectivity index (χ2n) is 4.88. The van der Waals surface area contributed by atoms with Crippen LogP contribution in [0.5, 0.6) is 0 Å². The first-order valence-corrected chi connectivity index (χ1v) is 4.96. The van der Waals surface area contributed by atoms with Gasteiger partial charge in [-0.3, -0.25) is 4.79 Å². The minimum atomic E-state index is -0.630. The molecule has 0 atom stereocenters. The first kappa shape index (κ1) is 11.5. The van der Waals surface area contributed by atoms with E-state index in [-0.39, 0.29) is 11.0 Å². The number of rotatable bonds is 1. The molecule has 0 spiro atoms. The zero-order valence-corrected chi connectivity index (χ0v) is 9.42. The lowest BCUT2D eigenvalue weighted by atomic mass is 9.74. The third-order valence-electron chi connectivity index (χ3n) is 2.53. The first-order chi connectivity index (χ1) is 6.85. The van der Waals surface area contributed by atoms with E-state index in [0.29, 0.717) is 0 Å². The highest BCUT2D eigenvalue weighted by Gasteiger charge is 2.26. The Morgan fingerprint density at radius 2 is 2.13 bits per heavy atom. The Hall–Kier alpha value is -1.56. The number of allylic oxidation sites excluding steroid dienone is 3. The minimum Gasteiger partial charge on any atom is -0.365 e. The van der Waals surface area contributed by atoms with Gasteiger partial charge in [-0.25, -0.2) is 0 Å². The van der Waals surface area contributed by atoms with Gasteiger partial charge in [-0.05, 0) is 30.8 Å². The number of carbonyl (C=O) groups is 1. The number of nitriles is 1. The van der Waals surface area contributed by atoms with Crippen LogP contribution in [0.3, 0.4) is 0 Å². The van der Waals surface area contributed by atoms with Crippen LogP contribution in [-0.4, -0.2) is 5.91 Å². The molecule has 0 aromatic rings. The van der Waals surface area contributed by atoms with Crippen molar-refractivity contribution in [2.75, 3.05) is 0 Å². The van der Waals surface area contributed by atoms with Crippen LogP contribution in [0.4, 0.5) is 0 Å². The van der Waals surface area contributed by atoms with Crippen molar-refractivity contribution < 1.29 is 4.79 Å². The molecule has 0 aromatic carbocycles. The minimum absolute atomic E-state index is 0.0992. The number of nitrogens with two attached hydrogens (primary N) is 1. The van der Waals surface area contributed by atoms with Gasteiger partial charge < -0.3 is 5.73 Å². The van der Waals surface area contributed by atoms with Gasteiger partial charge in [0.05, 0.1) is 0 Å². The molecule has 0 saturated carbocycles. The molecule has 80 valence electrons. The molecule has 1 amide bonds. The average molecular weight is 204 g/mol. The van der Waals surface area contributed by atoms with E-state index in [2.05, 4.69) is 13.8 Å². The van der Waals surface area contributed by atoms with Crippen molar-refractivity contribution in [2.24, 2.45) is 11.1 Å². The Morgan fingerprint density at radius 3 is 2.53 bits per heavy atom. The summed E-state index contributed by atoms with van der Waals surface area (Å²) in [6.45, 7) is 6.26. The summed E-state index contributed by atoms with van der Waals surface area (Å²) in [4.78, 5) is 11.1. The van der Waals surface area contributed by atoms with Crippen molar-refractivity contribution in [1.29, 1.82) is 5.26 Å². The summed E-state index contributed by atoms with van der Waals surface area (Å²) in [7, 11) is 0. The van der Waals surface area contributed by atoms with Crippen molar-refractivity contribution in [2.45, 2.75) is 33.6 Å². The standard InChI is InChI=1S/C12H16N2O/c1-8-4-9(6-12(2,3)5-8)10(7-13)11(14)15/h4H,5-6H2,1-3H3,(H2,14,15). The Balaban J connectivity index is 3.22. The smallest absolute Gasteiger partial charge is 0.259 e. The topological polar surface area (TPSA) is 66.9 Å². The van der Waals surface area contributed by atoms with Crippen LogP contribution in [0, 0.1) is 16.7 Å². The molecule has 0 radical (unpaired) electrons. The summed E-state index contributed by atoms with van der Waals surface area (Å²) >= 11 is 0. The van der Waals surface area contributed by atoms with Crippen LogP contribution in [0.25, 0.3) is 0 Å². The summed E-state index contributed by atoms with van der Waals surface area (Å²) < 4.78 is 0. The zero-order chi connectivity index (χ0) is 11.6. The SMILES string of the molecule is CC1=CC(=C(C#N)C(N)=O)CC(C)(C)C1. The monoisotopic (exact) mass is 204 g/mol. The highest BCUT2D eigenvalue weighted by atomic mass is 16.1. The van der Waals surface area contributed by atoms with E-state index in [4.69, 9.17) is 11.0 Å². The Labute approximate surface area is 90.3 Å². The van der Waals surface area contributed by atoms with Crippen molar-refractivity contribution in [3.8, 4) is 6.07 Å². The van der Waals surface area contributed by atoms with E-state index in [1.807, 2.05) is 19.1 Å². The van der Waals surface area contributed by atoms with E-state index in [0.717, 1.165) is 18.4 Å². The third-order valence-corrected chi connectivity index (χ3v) is 2.53. The van der Waals surface area contributed by atoms with Crippen LogP contribution < -0.4 is 5.73 Å². The van der Waals surface area contributed by atoms with Crippen LogP contribution in [0.2, 0.25) is 0 Å². The Bertz CT molecular complexity index is 394. The Kier molecular flexibility index (Phi) is 2.99. The summed E-state index contributed by atoms with van der Waals surface area (Å²) in [5.41, 5.74) is 7.33. The van der Waals surface area contributed by atoms with Gasteiger partial charge in [-0.1, -0.05) is 25.5 Å². The van der Waals surface area contributed by atoms with Gasteiger partial charge in [-0.15, -0.1) is 0 Å². The number of carbonyl (C=O) groups excluding carboxylic acids is 1. The van der Waals surface area contributed by atoms with Crippen molar-refractivity contribution in [1.82, 2.24) is 0 Å². The fourth-order valence-corrected chi connectivity index (χ4v) is 2.18. The number of hydrogen-bond acceptors (Lipinski definition) is 2.